The molecule has 0 unspecified atom stereocenters. The lowest BCUT2D eigenvalue weighted by Crippen LogP contribution is -2.16. The number of nitrogens with zero attached hydrogens (tertiary/aromatic N) is 3. The average Bonchev–Trinajstić information content (AvgIpc) is 3.06. The molecule has 0 saturated heterocycles. The van der Waals surface area contributed by atoms with Crippen LogP contribution in [0.3, 0.4) is 0 Å². The third-order valence-electron chi connectivity index (χ3n) is 3.38. The summed E-state index contributed by atoms with van der Waals surface area (Å²) in [7, 11) is 4.14. The largest absolute Gasteiger partial charge is 0.383 e. The topological polar surface area (TPSA) is 82.9 Å². The molecule has 4 N–H and O–H groups in total. The molecule has 0 saturated carbocycles. The maximum atomic E-state index is 6.05. The van der Waals surface area contributed by atoms with Crippen molar-refractivity contribution in [3.8, 4) is 10.6 Å². The van der Waals surface area contributed by atoms with E-state index in [1.165, 1.54) is 0 Å². The lowest BCUT2D eigenvalue weighted by molar-refractivity contribution is 0.405. The first-order chi connectivity index (χ1) is 10.6. The van der Waals surface area contributed by atoms with E-state index in [9.17, 15) is 0 Å². The van der Waals surface area contributed by atoms with Gasteiger partial charge in [-0.2, -0.15) is 5.10 Å². The third-order valence-corrected chi connectivity index (χ3v) is 4.43. The smallest absolute Gasteiger partial charge is 0.160 e. The molecule has 2 aromatic heterocycles. The van der Waals surface area contributed by atoms with Gasteiger partial charge in [0.15, 0.2) is 5.82 Å². The third kappa shape index (κ3) is 3.05. The number of fused-ring (bicyclic) bond motifs is 1. The Morgan fingerprint density at radius 3 is 2.91 bits per heavy atom. The molecule has 1 aromatic carbocycles. The Morgan fingerprint density at radius 1 is 1.32 bits per heavy atom. The van der Waals surface area contributed by atoms with Crippen molar-refractivity contribution in [2.45, 2.75) is 6.42 Å². The Labute approximate surface area is 133 Å². The van der Waals surface area contributed by atoms with Crippen LogP contribution >= 0.6 is 11.3 Å². The van der Waals surface area contributed by atoms with Crippen molar-refractivity contribution >= 4 is 33.2 Å². The van der Waals surface area contributed by atoms with Crippen LogP contribution in [-0.2, 0) is 0 Å². The Hall–Kier alpha value is -2.12. The summed E-state index contributed by atoms with van der Waals surface area (Å²) in [5, 5.41) is 11.4. The maximum Gasteiger partial charge on any atom is 0.160 e. The van der Waals surface area contributed by atoms with E-state index in [0.29, 0.717) is 5.82 Å². The molecule has 6 nitrogen and oxygen atoms in total. The van der Waals surface area contributed by atoms with Gasteiger partial charge in [0.05, 0.1) is 15.8 Å². The maximum absolute atomic E-state index is 6.05. The first-order valence-corrected chi connectivity index (χ1v) is 8.05. The zero-order chi connectivity index (χ0) is 15.5. The van der Waals surface area contributed by atoms with Crippen molar-refractivity contribution in [1.29, 1.82) is 0 Å². The average molecular weight is 316 g/mol. The van der Waals surface area contributed by atoms with Crippen LogP contribution < -0.4 is 11.1 Å². The van der Waals surface area contributed by atoms with Gasteiger partial charge in [-0.05, 0) is 39.2 Å². The van der Waals surface area contributed by atoms with Gasteiger partial charge in [-0.1, -0.05) is 12.1 Å². The fourth-order valence-corrected chi connectivity index (χ4v) is 3.31. The molecule has 0 aliphatic heterocycles. The van der Waals surface area contributed by atoms with E-state index < -0.39 is 0 Å². The normalized spacial score (nSPS) is 11.4. The summed E-state index contributed by atoms with van der Waals surface area (Å²) in [6, 6.07) is 8.08. The molecular weight excluding hydrogens is 296 g/mol. The monoisotopic (exact) mass is 316 g/mol. The summed E-state index contributed by atoms with van der Waals surface area (Å²) < 4.78 is 1.15. The Bertz CT molecular complexity index is 727. The number of nitrogen functional groups attached to an aromatic ring is 1. The summed E-state index contributed by atoms with van der Waals surface area (Å²) in [5.41, 5.74) is 7.90. The van der Waals surface area contributed by atoms with E-state index in [-0.39, 0.29) is 0 Å². The summed E-state index contributed by atoms with van der Waals surface area (Å²) >= 11 is 1.63. The lowest BCUT2D eigenvalue weighted by atomic mass is 10.3. The van der Waals surface area contributed by atoms with Crippen molar-refractivity contribution in [2.75, 3.05) is 38.2 Å². The number of rotatable bonds is 6. The van der Waals surface area contributed by atoms with Crippen molar-refractivity contribution in [3.05, 3.63) is 24.3 Å². The van der Waals surface area contributed by atoms with Gasteiger partial charge >= 0.3 is 0 Å². The molecular formula is C15H20N6S. The van der Waals surface area contributed by atoms with Crippen molar-refractivity contribution in [3.63, 3.8) is 0 Å². The number of nitrogens with two attached hydrogens (primary N) is 1. The second-order valence-corrected chi connectivity index (χ2v) is 6.46. The van der Waals surface area contributed by atoms with E-state index in [4.69, 9.17) is 5.73 Å². The van der Waals surface area contributed by atoms with Crippen molar-refractivity contribution in [2.24, 2.45) is 0 Å². The van der Waals surface area contributed by atoms with E-state index in [1.807, 2.05) is 18.2 Å². The second-order valence-electron chi connectivity index (χ2n) is 5.43. The molecule has 2 heterocycles. The minimum atomic E-state index is 0.550. The molecule has 0 amide bonds. The standard InChI is InChI=1S/C15H20N6S/c1-21(2)9-5-8-17-14-12(13(16)19-20-14)15-18-10-6-3-4-7-11(10)22-15/h3-4,6-7H,5,8-9H2,1-2H3,(H4,16,17,19,20). The number of nitrogens with one attached hydrogen (secondary N) is 2. The van der Waals surface area contributed by atoms with Gasteiger partial charge in [0.25, 0.3) is 0 Å². The van der Waals surface area contributed by atoms with Gasteiger partial charge in [-0.25, -0.2) is 4.98 Å². The summed E-state index contributed by atoms with van der Waals surface area (Å²) in [6.45, 7) is 1.88. The number of para-hydroxylation sites is 1. The summed E-state index contributed by atoms with van der Waals surface area (Å²) in [6.07, 6.45) is 1.04. The van der Waals surface area contributed by atoms with Crippen LogP contribution in [0.4, 0.5) is 11.6 Å². The van der Waals surface area contributed by atoms with Crippen LogP contribution in [0.15, 0.2) is 24.3 Å². The van der Waals surface area contributed by atoms with E-state index in [2.05, 4.69) is 45.6 Å². The predicted octanol–water partition coefficient (Wildman–Crippen LogP) is 2.63. The van der Waals surface area contributed by atoms with Crippen molar-refractivity contribution in [1.82, 2.24) is 20.1 Å². The quantitative estimate of drug-likeness (QED) is 0.609. The highest BCUT2D eigenvalue weighted by molar-refractivity contribution is 7.21. The van der Waals surface area contributed by atoms with Crippen LogP contribution in [0, 0.1) is 0 Å². The SMILES string of the molecule is CN(C)CCCNc1n[nH]c(N)c1-c1nc2ccccc2s1. The number of aromatic nitrogens is 3. The number of hydrogen-bond acceptors (Lipinski definition) is 6. The van der Waals surface area contributed by atoms with E-state index in [1.54, 1.807) is 11.3 Å². The molecule has 0 spiro atoms. The van der Waals surface area contributed by atoms with Gasteiger partial charge in [0.1, 0.15) is 10.8 Å². The van der Waals surface area contributed by atoms with Crippen LogP contribution in [0.5, 0.6) is 0 Å². The number of thiazole rings is 1. The van der Waals surface area contributed by atoms with Gasteiger partial charge < -0.3 is 16.0 Å². The van der Waals surface area contributed by atoms with Gasteiger partial charge in [0.2, 0.25) is 0 Å². The minimum Gasteiger partial charge on any atom is -0.383 e. The molecule has 0 atom stereocenters. The number of H-pyrrole nitrogens is 1. The van der Waals surface area contributed by atoms with E-state index >= 15 is 0 Å². The second kappa shape index (κ2) is 6.33. The number of benzene rings is 1. The summed E-state index contributed by atoms with van der Waals surface area (Å²) in [4.78, 5) is 6.83. The molecule has 0 fully saturated rings. The lowest BCUT2D eigenvalue weighted by Gasteiger charge is -2.09. The molecule has 0 bridgehead atoms. The van der Waals surface area contributed by atoms with E-state index in [0.717, 1.165) is 46.1 Å². The molecule has 0 aliphatic carbocycles. The van der Waals surface area contributed by atoms with Crippen LogP contribution in [0.1, 0.15) is 6.42 Å². The number of aromatic amines is 1. The molecule has 0 aliphatic rings. The first kappa shape index (κ1) is 14.8. The number of anilines is 2. The molecule has 3 rings (SSSR count). The molecule has 0 radical (unpaired) electrons. The fourth-order valence-electron chi connectivity index (χ4n) is 2.28. The number of hydrogen-bond donors (Lipinski definition) is 3. The Balaban J connectivity index is 1.82. The zero-order valence-corrected chi connectivity index (χ0v) is 13.6. The molecule has 3 aromatic rings. The Morgan fingerprint density at radius 2 is 2.14 bits per heavy atom. The predicted molar refractivity (Wildman–Crippen MR) is 93.3 cm³/mol. The van der Waals surface area contributed by atoms with Crippen LogP contribution in [0.2, 0.25) is 0 Å². The minimum absolute atomic E-state index is 0.550. The van der Waals surface area contributed by atoms with Gasteiger partial charge in [-0.3, -0.25) is 5.10 Å². The van der Waals surface area contributed by atoms with Crippen LogP contribution in [-0.4, -0.2) is 47.3 Å². The van der Waals surface area contributed by atoms with Gasteiger partial charge in [0, 0.05) is 6.54 Å². The first-order valence-electron chi connectivity index (χ1n) is 7.23. The molecule has 7 heteroatoms. The highest BCUT2D eigenvalue weighted by Gasteiger charge is 2.17. The Kier molecular flexibility index (Phi) is 4.26. The van der Waals surface area contributed by atoms with Crippen LogP contribution in [0.25, 0.3) is 20.8 Å². The highest BCUT2D eigenvalue weighted by atomic mass is 32.1. The van der Waals surface area contributed by atoms with Gasteiger partial charge in [-0.15, -0.1) is 11.3 Å². The van der Waals surface area contributed by atoms with Crippen molar-refractivity contribution < 1.29 is 0 Å². The molecule has 22 heavy (non-hydrogen) atoms. The summed E-state index contributed by atoms with van der Waals surface area (Å²) in [5.74, 6) is 1.32. The molecule has 116 valence electrons. The zero-order valence-electron chi connectivity index (χ0n) is 12.8. The highest BCUT2D eigenvalue weighted by Crippen LogP contribution is 2.36. The fraction of sp³-hybridized carbons (Fsp3) is 0.333.